The van der Waals surface area contributed by atoms with Crippen LogP contribution in [0.15, 0.2) is 65.7 Å². The highest BCUT2D eigenvalue weighted by Crippen LogP contribution is 2.34. The number of ketones is 1. The third-order valence-corrected chi connectivity index (χ3v) is 6.77. The van der Waals surface area contributed by atoms with Crippen LogP contribution in [0.5, 0.6) is 5.75 Å². The molecule has 186 valence electrons. The molecule has 2 aromatic carbocycles. The minimum atomic E-state index is -0.725. The number of hydrogen-bond acceptors (Lipinski definition) is 9. The number of ether oxygens (including phenoxy) is 2. The first-order valence-electron chi connectivity index (χ1n) is 11.2. The standard InChI is InChI=1S/C27H21N3O6S/c1-16-7-8-18(14-28)25(29-16)37-23-13-24(32)30(26(23)33)19-11-9-17(10-12-19)27(34)36-15-21(31)20-5-3-4-6-22(20)35-2/h3-12,23H,13,15H2,1-2H3. The van der Waals surface area contributed by atoms with Gasteiger partial charge >= 0.3 is 5.97 Å². The highest BCUT2D eigenvalue weighted by molar-refractivity contribution is 8.00. The van der Waals surface area contributed by atoms with Crippen molar-refractivity contribution in [2.45, 2.75) is 23.6 Å². The van der Waals surface area contributed by atoms with E-state index in [-0.39, 0.29) is 12.0 Å². The van der Waals surface area contributed by atoms with Crippen molar-refractivity contribution in [2.75, 3.05) is 18.6 Å². The molecule has 2 amide bonds. The van der Waals surface area contributed by atoms with E-state index in [1.807, 2.05) is 0 Å². The van der Waals surface area contributed by atoms with Crippen molar-refractivity contribution in [1.29, 1.82) is 5.26 Å². The lowest BCUT2D eigenvalue weighted by Gasteiger charge is -2.15. The number of benzene rings is 2. The SMILES string of the molecule is COc1ccccc1C(=O)COC(=O)c1ccc(N2C(=O)CC(Sc3nc(C)ccc3C#N)C2=O)cc1. The van der Waals surface area contributed by atoms with E-state index in [0.717, 1.165) is 16.7 Å². The van der Waals surface area contributed by atoms with Crippen molar-refractivity contribution in [3.8, 4) is 11.8 Å². The van der Waals surface area contributed by atoms with Crippen LogP contribution in [0.1, 0.15) is 38.4 Å². The fraction of sp³-hybridized carbons (Fsp3) is 0.185. The molecule has 4 rings (SSSR count). The fourth-order valence-corrected chi connectivity index (χ4v) is 4.86. The lowest BCUT2D eigenvalue weighted by Crippen LogP contribution is -2.31. The Labute approximate surface area is 217 Å². The monoisotopic (exact) mass is 515 g/mol. The molecular formula is C27H21N3O6S. The molecule has 3 aromatic rings. The van der Waals surface area contributed by atoms with Crippen LogP contribution in [0.25, 0.3) is 0 Å². The number of nitrogens with zero attached hydrogens (tertiary/aromatic N) is 3. The molecule has 1 aliphatic heterocycles. The van der Waals surface area contributed by atoms with E-state index >= 15 is 0 Å². The summed E-state index contributed by atoms with van der Waals surface area (Å²) in [4.78, 5) is 55.9. The molecule has 0 aliphatic carbocycles. The van der Waals surface area contributed by atoms with Crippen molar-refractivity contribution in [1.82, 2.24) is 4.98 Å². The second-order valence-corrected chi connectivity index (χ2v) is 9.23. The Morgan fingerprint density at radius 2 is 1.84 bits per heavy atom. The molecule has 10 heteroatoms. The summed E-state index contributed by atoms with van der Waals surface area (Å²) in [6, 6.07) is 17.8. The van der Waals surface area contributed by atoms with Gasteiger partial charge in [-0.15, -0.1) is 0 Å². The van der Waals surface area contributed by atoms with E-state index < -0.39 is 35.4 Å². The number of para-hydroxylation sites is 1. The molecule has 1 aromatic heterocycles. The molecule has 0 bridgehead atoms. The minimum absolute atomic E-state index is 0.0428. The maximum atomic E-state index is 13.0. The number of nitriles is 1. The predicted octanol–water partition coefficient (Wildman–Crippen LogP) is 3.73. The van der Waals surface area contributed by atoms with Gasteiger partial charge in [-0.05, 0) is 55.5 Å². The Kier molecular flexibility index (Phi) is 7.65. The Morgan fingerprint density at radius 1 is 1.11 bits per heavy atom. The number of esters is 1. The van der Waals surface area contributed by atoms with Crippen LogP contribution >= 0.6 is 11.8 Å². The van der Waals surface area contributed by atoms with Gasteiger partial charge in [-0.1, -0.05) is 23.9 Å². The van der Waals surface area contributed by atoms with Crippen molar-refractivity contribution in [3.63, 3.8) is 0 Å². The largest absolute Gasteiger partial charge is 0.496 e. The van der Waals surface area contributed by atoms with Crippen LogP contribution < -0.4 is 9.64 Å². The molecule has 1 fully saturated rings. The van der Waals surface area contributed by atoms with Gasteiger partial charge in [0.15, 0.2) is 6.61 Å². The third-order valence-electron chi connectivity index (χ3n) is 5.58. The van der Waals surface area contributed by atoms with E-state index in [1.165, 1.54) is 31.4 Å². The lowest BCUT2D eigenvalue weighted by atomic mass is 10.1. The summed E-state index contributed by atoms with van der Waals surface area (Å²) in [6.07, 6.45) is -0.0428. The molecule has 1 atom stereocenters. The summed E-state index contributed by atoms with van der Waals surface area (Å²) in [5.41, 5.74) is 1.79. The molecule has 2 heterocycles. The topological polar surface area (TPSA) is 127 Å². The quantitative estimate of drug-likeness (QED) is 0.250. The molecule has 0 saturated carbocycles. The maximum absolute atomic E-state index is 13.0. The molecule has 0 N–H and O–H groups in total. The van der Waals surface area contributed by atoms with Crippen LogP contribution in [0, 0.1) is 18.3 Å². The number of pyridine rings is 1. The average Bonchev–Trinajstić information content (AvgIpc) is 3.19. The van der Waals surface area contributed by atoms with Crippen molar-refractivity contribution in [2.24, 2.45) is 0 Å². The first-order valence-corrected chi connectivity index (χ1v) is 12.0. The first-order chi connectivity index (χ1) is 17.8. The lowest BCUT2D eigenvalue weighted by molar-refractivity contribution is -0.121. The highest BCUT2D eigenvalue weighted by atomic mass is 32.2. The summed E-state index contributed by atoms with van der Waals surface area (Å²) in [7, 11) is 1.44. The Hall–Kier alpha value is -4.49. The van der Waals surface area contributed by atoms with Crippen LogP contribution in [0.3, 0.4) is 0 Å². The number of Topliss-reactive ketones (excluding diaryl/α,β-unsaturated/α-hetero) is 1. The van der Waals surface area contributed by atoms with Crippen LogP contribution in [0.4, 0.5) is 5.69 Å². The van der Waals surface area contributed by atoms with E-state index in [4.69, 9.17) is 9.47 Å². The summed E-state index contributed by atoms with van der Waals surface area (Å²) >= 11 is 1.08. The molecule has 1 aliphatic rings. The number of carbonyl (C=O) groups excluding carboxylic acids is 4. The van der Waals surface area contributed by atoms with Crippen molar-refractivity contribution in [3.05, 3.63) is 83.0 Å². The number of methoxy groups -OCH3 is 1. The number of aryl methyl sites for hydroxylation is 1. The summed E-state index contributed by atoms with van der Waals surface area (Å²) < 4.78 is 10.3. The first kappa shape index (κ1) is 25.6. The second-order valence-electron chi connectivity index (χ2n) is 8.04. The Bertz CT molecular complexity index is 1430. The third kappa shape index (κ3) is 5.52. The molecular weight excluding hydrogens is 494 g/mol. The number of rotatable bonds is 8. The van der Waals surface area contributed by atoms with Gasteiger partial charge in [0, 0.05) is 12.1 Å². The average molecular weight is 516 g/mol. The van der Waals surface area contributed by atoms with E-state index in [1.54, 1.807) is 43.3 Å². The zero-order valence-electron chi connectivity index (χ0n) is 20.0. The van der Waals surface area contributed by atoms with Gasteiger partial charge in [0.05, 0.1) is 34.7 Å². The van der Waals surface area contributed by atoms with Gasteiger partial charge in [-0.2, -0.15) is 5.26 Å². The highest BCUT2D eigenvalue weighted by Gasteiger charge is 2.40. The molecule has 0 spiro atoms. The van der Waals surface area contributed by atoms with Crippen LogP contribution in [0.2, 0.25) is 0 Å². The van der Waals surface area contributed by atoms with E-state index in [2.05, 4.69) is 11.1 Å². The maximum Gasteiger partial charge on any atom is 0.338 e. The van der Waals surface area contributed by atoms with E-state index in [0.29, 0.717) is 33.3 Å². The minimum Gasteiger partial charge on any atom is -0.496 e. The van der Waals surface area contributed by atoms with Gasteiger partial charge in [-0.25, -0.2) is 14.7 Å². The zero-order valence-corrected chi connectivity index (χ0v) is 20.8. The van der Waals surface area contributed by atoms with Gasteiger partial charge < -0.3 is 9.47 Å². The summed E-state index contributed by atoms with van der Waals surface area (Å²) in [5.74, 6) is -1.59. The summed E-state index contributed by atoms with van der Waals surface area (Å²) in [6.45, 7) is 1.31. The Balaban J connectivity index is 1.41. The number of amides is 2. The predicted molar refractivity (Wildman–Crippen MR) is 134 cm³/mol. The van der Waals surface area contributed by atoms with Gasteiger partial charge in [0.25, 0.3) is 0 Å². The van der Waals surface area contributed by atoms with Gasteiger partial charge in [0.2, 0.25) is 17.6 Å². The van der Waals surface area contributed by atoms with Gasteiger partial charge in [-0.3, -0.25) is 14.4 Å². The number of aromatic nitrogens is 1. The molecule has 9 nitrogen and oxygen atoms in total. The normalized spacial score (nSPS) is 14.8. The van der Waals surface area contributed by atoms with Crippen LogP contribution in [-0.4, -0.2) is 47.5 Å². The number of thioether (sulfide) groups is 1. The number of hydrogen-bond donors (Lipinski definition) is 0. The van der Waals surface area contributed by atoms with Gasteiger partial charge in [0.1, 0.15) is 16.8 Å². The second kappa shape index (κ2) is 11.1. The van der Waals surface area contributed by atoms with E-state index in [9.17, 15) is 24.4 Å². The molecule has 1 unspecified atom stereocenters. The fourth-order valence-electron chi connectivity index (χ4n) is 3.72. The molecule has 1 saturated heterocycles. The van der Waals surface area contributed by atoms with Crippen LogP contribution in [-0.2, 0) is 14.3 Å². The zero-order chi connectivity index (χ0) is 26.5. The molecule has 37 heavy (non-hydrogen) atoms. The number of carbonyl (C=O) groups is 4. The van der Waals surface area contributed by atoms with Crippen molar-refractivity contribution >= 4 is 41.0 Å². The number of imide groups is 1. The smallest absolute Gasteiger partial charge is 0.338 e. The van der Waals surface area contributed by atoms with Crippen molar-refractivity contribution < 1.29 is 28.7 Å². The summed E-state index contributed by atoms with van der Waals surface area (Å²) in [5, 5.41) is 9.00. The molecule has 0 radical (unpaired) electrons. The Morgan fingerprint density at radius 3 is 2.54 bits per heavy atom. The number of anilines is 1.